The maximum atomic E-state index is 5.54. The smallest absolute Gasteiger partial charge is 0.0685 e. The van der Waals surface area contributed by atoms with Crippen LogP contribution in [0, 0.1) is 0 Å². The summed E-state index contributed by atoms with van der Waals surface area (Å²) in [6.07, 6.45) is 4.71. The molecule has 0 saturated carbocycles. The lowest BCUT2D eigenvalue weighted by molar-refractivity contribution is 0.657. The summed E-state index contributed by atoms with van der Waals surface area (Å²) in [6.45, 7) is 2.96. The molecule has 0 radical (unpaired) electrons. The maximum Gasteiger partial charge on any atom is 0.0685 e. The lowest BCUT2D eigenvalue weighted by Gasteiger charge is -2.07. The molecule has 1 unspecified atom stereocenters. The van der Waals surface area contributed by atoms with E-state index in [2.05, 4.69) is 17.1 Å². The normalized spacial score (nSPS) is 17.4. The van der Waals surface area contributed by atoms with Crippen LogP contribution in [-0.4, -0.2) is 16.7 Å². The Bertz CT molecular complexity index is 290. The number of aromatic nitrogens is 2. The van der Waals surface area contributed by atoms with Crippen LogP contribution in [0.4, 0.5) is 0 Å². The molecule has 1 atom stereocenters. The number of hydrogen-bond donors (Lipinski definition) is 2. The largest absolute Gasteiger partial charge is 0.330 e. The van der Waals surface area contributed by atoms with Gasteiger partial charge in [-0.05, 0) is 37.8 Å². The molecule has 2 rings (SSSR count). The Kier molecular flexibility index (Phi) is 2.36. The molecule has 1 aromatic rings. The standard InChI is InChI=1S/C10H17N3/c1-7(5-6-11)10-8-3-2-4-9(8)12-13-10/h7H,2-6,11H2,1H3,(H,12,13). The molecule has 0 bridgehead atoms. The Hall–Kier alpha value is -0.830. The second-order valence-electron chi connectivity index (χ2n) is 3.90. The van der Waals surface area contributed by atoms with Gasteiger partial charge in [0.25, 0.3) is 0 Å². The van der Waals surface area contributed by atoms with Crippen molar-refractivity contribution >= 4 is 0 Å². The quantitative estimate of drug-likeness (QED) is 0.736. The first-order valence-electron chi connectivity index (χ1n) is 5.09. The number of nitrogens with one attached hydrogen (secondary N) is 1. The number of aryl methyl sites for hydroxylation is 1. The van der Waals surface area contributed by atoms with Gasteiger partial charge in [-0.15, -0.1) is 0 Å². The third-order valence-corrected chi connectivity index (χ3v) is 2.90. The molecule has 1 aliphatic rings. The molecule has 3 nitrogen and oxygen atoms in total. The zero-order chi connectivity index (χ0) is 9.26. The Morgan fingerprint density at radius 1 is 1.54 bits per heavy atom. The van der Waals surface area contributed by atoms with Crippen molar-refractivity contribution in [3.05, 3.63) is 17.0 Å². The van der Waals surface area contributed by atoms with Gasteiger partial charge < -0.3 is 5.73 Å². The van der Waals surface area contributed by atoms with Gasteiger partial charge in [0.1, 0.15) is 0 Å². The fraction of sp³-hybridized carbons (Fsp3) is 0.700. The van der Waals surface area contributed by atoms with Crippen LogP contribution in [0.3, 0.4) is 0 Å². The lowest BCUT2D eigenvalue weighted by Crippen LogP contribution is -2.06. The van der Waals surface area contributed by atoms with Crippen LogP contribution in [0.2, 0.25) is 0 Å². The van der Waals surface area contributed by atoms with Crippen molar-refractivity contribution in [3.8, 4) is 0 Å². The molecule has 0 saturated heterocycles. The van der Waals surface area contributed by atoms with Crippen LogP contribution >= 0.6 is 0 Å². The van der Waals surface area contributed by atoms with Crippen molar-refractivity contribution in [2.24, 2.45) is 5.73 Å². The van der Waals surface area contributed by atoms with Crippen molar-refractivity contribution in [1.82, 2.24) is 10.2 Å². The van der Waals surface area contributed by atoms with Crippen LogP contribution in [0.25, 0.3) is 0 Å². The summed E-state index contributed by atoms with van der Waals surface area (Å²) in [5.74, 6) is 0.517. The first-order chi connectivity index (χ1) is 6.33. The molecule has 3 heteroatoms. The Labute approximate surface area is 78.7 Å². The SMILES string of the molecule is CC(CCN)c1n[nH]c2c1CCC2. The highest BCUT2D eigenvalue weighted by Crippen LogP contribution is 2.28. The van der Waals surface area contributed by atoms with E-state index in [-0.39, 0.29) is 0 Å². The van der Waals surface area contributed by atoms with Crippen molar-refractivity contribution in [2.75, 3.05) is 6.54 Å². The van der Waals surface area contributed by atoms with E-state index in [4.69, 9.17) is 5.73 Å². The highest BCUT2D eigenvalue weighted by atomic mass is 15.1. The molecular formula is C10H17N3. The molecule has 0 fully saturated rings. The number of hydrogen-bond acceptors (Lipinski definition) is 2. The second kappa shape index (κ2) is 3.50. The van der Waals surface area contributed by atoms with Gasteiger partial charge in [0.2, 0.25) is 0 Å². The summed E-state index contributed by atoms with van der Waals surface area (Å²) in [5.41, 5.74) is 9.64. The summed E-state index contributed by atoms with van der Waals surface area (Å²) in [6, 6.07) is 0. The number of rotatable bonds is 3. The average Bonchev–Trinajstić information content (AvgIpc) is 2.62. The number of H-pyrrole nitrogens is 1. The Balaban J connectivity index is 2.20. The van der Waals surface area contributed by atoms with Gasteiger partial charge in [-0.25, -0.2) is 0 Å². The van der Waals surface area contributed by atoms with Crippen molar-refractivity contribution in [1.29, 1.82) is 0 Å². The molecule has 1 heterocycles. The summed E-state index contributed by atoms with van der Waals surface area (Å²) in [5, 5.41) is 7.51. The summed E-state index contributed by atoms with van der Waals surface area (Å²) in [4.78, 5) is 0. The van der Waals surface area contributed by atoms with E-state index in [1.54, 1.807) is 0 Å². The van der Waals surface area contributed by atoms with Gasteiger partial charge in [0.05, 0.1) is 5.69 Å². The molecule has 0 aromatic carbocycles. The highest BCUT2D eigenvalue weighted by Gasteiger charge is 2.21. The zero-order valence-corrected chi connectivity index (χ0v) is 8.14. The van der Waals surface area contributed by atoms with Crippen LogP contribution in [0.5, 0.6) is 0 Å². The van der Waals surface area contributed by atoms with E-state index in [1.165, 1.54) is 36.2 Å². The van der Waals surface area contributed by atoms with E-state index in [1.807, 2.05) is 0 Å². The van der Waals surface area contributed by atoms with E-state index >= 15 is 0 Å². The molecule has 0 amide bonds. The average molecular weight is 179 g/mol. The van der Waals surface area contributed by atoms with Crippen LogP contribution in [0.1, 0.15) is 42.6 Å². The zero-order valence-electron chi connectivity index (χ0n) is 8.14. The monoisotopic (exact) mass is 179 g/mol. The molecule has 0 aliphatic heterocycles. The van der Waals surface area contributed by atoms with Crippen LogP contribution < -0.4 is 5.73 Å². The molecule has 72 valence electrons. The summed E-state index contributed by atoms with van der Waals surface area (Å²) in [7, 11) is 0. The molecular weight excluding hydrogens is 162 g/mol. The van der Waals surface area contributed by atoms with E-state index in [0.717, 1.165) is 13.0 Å². The number of aromatic amines is 1. The van der Waals surface area contributed by atoms with Gasteiger partial charge in [-0.1, -0.05) is 6.92 Å². The highest BCUT2D eigenvalue weighted by molar-refractivity contribution is 5.31. The minimum atomic E-state index is 0.517. The number of nitrogens with zero attached hydrogens (tertiary/aromatic N) is 1. The van der Waals surface area contributed by atoms with Gasteiger partial charge >= 0.3 is 0 Å². The van der Waals surface area contributed by atoms with Gasteiger partial charge in [0.15, 0.2) is 0 Å². The third kappa shape index (κ3) is 1.48. The summed E-state index contributed by atoms with van der Waals surface area (Å²) >= 11 is 0. The summed E-state index contributed by atoms with van der Waals surface area (Å²) < 4.78 is 0. The Morgan fingerprint density at radius 3 is 3.15 bits per heavy atom. The topological polar surface area (TPSA) is 54.7 Å². The fourth-order valence-corrected chi connectivity index (χ4v) is 2.14. The minimum absolute atomic E-state index is 0.517. The van der Waals surface area contributed by atoms with Crippen molar-refractivity contribution in [3.63, 3.8) is 0 Å². The second-order valence-corrected chi connectivity index (χ2v) is 3.90. The van der Waals surface area contributed by atoms with Crippen LogP contribution in [0.15, 0.2) is 0 Å². The first-order valence-corrected chi connectivity index (χ1v) is 5.09. The minimum Gasteiger partial charge on any atom is -0.330 e. The Morgan fingerprint density at radius 2 is 2.38 bits per heavy atom. The lowest BCUT2D eigenvalue weighted by atomic mass is 9.99. The molecule has 3 N–H and O–H groups in total. The van der Waals surface area contributed by atoms with Crippen molar-refractivity contribution < 1.29 is 0 Å². The predicted molar refractivity (Wildman–Crippen MR) is 52.7 cm³/mol. The van der Waals surface area contributed by atoms with Gasteiger partial charge in [0, 0.05) is 11.6 Å². The van der Waals surface area contributed by atoms with Crippen LogP contribution in [-0.2, 0) is 12.8 Å². The number of fused-ring (bicyclic) bond motifs is 1. The molecule has 13 heavy (non-hydrogen) atoms. The predicted octanol–water partition coefficient (Wildman–Crippen LogP) is 1.35. The molecule has 1 aromatic heterocycles. The molecule has 0 spiro atoms. The van der Waals surface area contributed by atoms with Gasteiger partial charge in [-0.3, -0.25) is 5.10 Å². The third-order valence-electron chi connectivity index (χ3n) is 2.90. The van der Waals surface area contributed by atoms with E-state index in [9.17, 15) is 0 Å². The maximum absolute atomic E-state index is 5.54. The van der Waals surface area contributed by atoms with Crippen molar-refractivity contribution in [2.45, 2.75) is 38.5 Å². The first kappa shape index (κ1) is 8.75. The van der Waals surface area contributed by atoms with E-state index in [0.29, 0.717) is 5.92 Å². The molecule has 1 aliphatic carbocycles. The number of nitrogens with two attached hydrogens (primary N) is 1. The van der Waals surface area contributed by atoms with E-state index < -0.39 is 0 Å². The fourth-order valence-electron chi connectivity index (χ4n) is 2.14. The van der Waals surface area contributed by atoms with Gasteiger partial charge in [-0.2, -0.15) is 5.10 Å².